The summed E-state index contributed by atoms with van der Waals surface area (Å²) in [5.41, 5.74) is 0.496. The third-order valence-electron chi connectivity index (χ3n) is 3.08. The molecule has 0 spiro atoms. The first-order valence-corrected chi connectivity index (χ1v) is 6.97. The van der Waals surface area contributed by atoms with Gasteiger partial charge in [-0.25, -0.2) is 9.37 Å². The zero-order chi connectivity index (χ0) is 16.1. The van der Waals surface area contributed by atoms with Crippen LogP contribution >= 0.6 is 0 Å². The van der Waals surface area contributed by atoms with E-state index in [1.54, 1.807) is 60.8 Å². The SMILES string of the molecule is O=C(Nc1ccccc1F)c1cccc(Oc2ccccn2)c1. The molecule has 4 nitrogen and oxygen atoms in total. The lowest BCUT2D eigenvalue weighted by Crippen LogP contribution is -2.12. The molecule has 0 saturated heterocycles. The number of nitrogens with zero attached hydrogens (tertiary/aromatic N) is 1. The molecular weight excluding hydrogens is 295 g/mol. The van der Waals surface area contributed by atoms with E-state index in [2.05, 4.69) is 10.3 Å². The third-order valence-corrected chi connectivity index (χ3v) is 3.08. The fourth-order valence-electron chi connectivity index (χ4n) is 1.99. The average Bonchev–Trinajstić information content (AvgIpc) is 2.58. The van der Waals surface area contributed by atoms with Crippen molar-refractivity contribution in [3.63, 3.8) is 0 Å². The minimum Gasteiger partial charge on any atom is -0.439 e. The zero-order valence-corrected chi connectivity index (χ0v) is 12.1. The van der Waals surface area contributed by atoms with Gasteiger partial charge in [0.1, 0.15) is 11.6 Å². The fraction of sp³-hybridized carbons (Fsp3) is 0. The standard InChI is InChI=1S/C18H13FN2O2/c19-15-8-1-2-9-16(15)21-18(22)13-6-5-7-14(12-13)23-17-10-3-4-11-20-17/h1-12H,(H,21,22). The van der Waals surface area contributed by atoms with Gasteiger partial charge in [0.2, 0.25) is 5.88 Å². The molecule has 0 radical (unpaired) electrons. The number of amides is 1. The molecule has 3 aromatic rings. The van der Waals surface area contributed by atoms with Crippen molar-refractivity contribution in [3.8, 4) is 11.6 Å². The van der Waals surface area contributed by atoms with Crippen LogP contribution in [0.1, 0.15) is 10.4 Å². The summed E-state index contributed by atoms with van der Waals surface area (Å²) in [6.07, 6.45) is 1.62. The molecule has 0 aliphatic carbocycles. The Labute approximate surface area is 132 Å². The molecule has 2 aromatic carbocycles. The number of aromatic nitrogens is 1. The Kier molecular flexibility index (Phi) is 4.29. The van der Waals surface area contributed by atoms with Crippen molar-refractivity contribution in [3.05, 3.63) is 84.3 Å². The predicted molar refractivity (Wildman–Crippen MR) is 85.1 cm³/mol. The highest BCUT2D eigenvalue weighted by Crippen LogP contribution is 2.21. The highest BCUT2D eigenvalue weighted by molar-refractivity contribution is 6.04. The molecule has 1 aromatic heterocycles. The Balaban J connectivity index is 1.77. The second kappa shape index (κ2) is 6.70. The molecule has 1 amide bonds. The third kappa shape index (κ3) is 3.71. The Morgan fingerprint density at radius 3 is 2.61 bits per heavy atom. The molecular formula is C18H13FN2O2. The van der Waals surface area contributed by atoms with Gasteiger partial charge in [0.05, 0.1) is 5.69 Å². The first-order valence-electron chi connectivity index (χ1n) is 6.97. The molecule has 0 aliphatic rings. The van der Waals surface area contributed by atoms with Gasteiger partial charge in [-0.1, -0.05) is 24.3 Å². The van der Waals surface area contributed by atoms with E-state index in [-0.39, 0.29) is 5.69 Å². The molecule has 3 rings (SSSR count). The van der Waals surface area contributed by atoms with E-state index >= 15 is 0 Å². The molecule has 1 heterocycles. The van der Waals surface area contributed by atoms with E-state index in [0.29, 0.717) is 17.2 Å². The lowest BCUT2D eigenvalue weighted by Gasteiger charge is -2.08. The smallest absolute Gasteiger partial charge is 0.255 e. The Bertz CT molecular complexity index is 822. The van der Waals surface area contributed by atoms with Crippen LogP contribution in [-0.2, 0) is 0 Å². The normalized spacial score (nSPS) is 10.1. The van der Waals surface area contributed by atoms with Gasteiger partial charge in [-0.15, -0.1) is 0 Å². The highest BCUT2D eigenvalue weighted by Gasteiger charge is 2.10. The van der Waals surface area contributed by atoms with E-state index in [0.717, 1.165) is 0 Å². The van der Waals surface area contributed by atoms with Gasteiger partial charge in [0.25, 0.3) is 5.91 Å². The molecule has 23 heavy (non-hydrogen) atoms. The number of benzene rings is 2. The first-order chi connectivity index (χ1) is 11.2. The summed E-state index contributed by atoms with van der Waals surface area (Å²) < 4.78 is 19.2. The van der Waals surface area contributed by atoms with Crippen molar-refractivity contribution in [1.29, 1.82) is 0 Å². The van der Waals surface area contributed by atoms with E-state index in [9.17, 15) is 9.18 Å². The molecule has 0 bridgehead atoms. The first kappa shape index (κ1) is 14.7. The summed E-state index contributed by atoms with van der Waals surface area (Å²) in [7, 11) is 0. The van der Waals surface area contributed by atoms with Crippen LogP contribution < -0.4 is 10.1 Å². The second-order valence-electron chi connectivity index (χ2n) is 4.73. The molecule has 114 valence electrons. The largest absolute Gasteiger partial charge is 0.439 e. The molecule has 0 saturated carbocycles. The number of hydrogen-bond donors (Lipinski definition) is 1. The van der Waals surface area contributed by atoms with Crippen LogP contribution in [0.5, 0.6) is 11.6 Å². The van der Waals surface area contributed by atoms with Gasteiger partial charge in [-0.2, -0.15) is 0 Å². The summed E-state index contributed by atoms with van der Waals surface area (Å²) in [5, 5.41) is 2.53. The van der Waals surface area contributed by atoms with Crippen molar-refractivity contribution in [2.24, 2.45) is 0 Å². The van der Waals surface area contributed by atoms with Crippen LogP contribution in [0, 0.1) is 5.82 Å². The Morgan fingerprint density at radius 1 is 1.00 bits per heavy atom. The van der Waals surface area contributed by atoms with Crippen molar-refractivity contribution in [2.45, 2.75) is 0 Å². The quantitative estimate of drug-likeness (QED) is 0.783. The van der Waals surface area contributed by atoms with E-state index < -0.39 is 11.7 Å². The summed E-state index contributed by atoms with van der Waals surface area (Å²) in [6.45, 7) is 0. The van der Waals surface area contributed by atoms with Crippen LogP contribution in [0.2, 0.25) is 0 Å². The Hall–Kier alpha value is -3.21. The average molecular weight is 308 g/mol. The molecule has 5 heteroatoms. The zero-order valence-electron chi connectivity index (χ0n) is 12.1. The maximum absolute atomic E-state index is 13.6. The summed E-state index contributed by atoms with van der Waals surface area (Å²) >= 11 is 0. The number of nitrogens with one attached hydrogen (secondary N) is 1. The van der Waals surface area contributed by atoms with Gasteiger partial charge in [0, 0.05) is 17.8 Å². The number of carbonyl (C=O) groups is 1. The van der Waals surface area contributed by atoms with Gasteiger partial charge >= 0.3 is 0 Å². The maximum atomic E-state index is 13.6. The topological polar surface area (TPSA) is 51.2 Å². The number of ether oxygens (including phenoxy) is 1. The molecule has 0 fully saturated rings. The van der Waals surface area contributed by atoms with E-state index in [1.807, 2.05) is 0 Å². The van der Waals surface area contributed by atoms with Crippen LogP contribution in [0.3, 0.4) is 0 Å². The number of carbonyl (C=O) groups excluding carboxylic acids is 1. The summed E-state index contributed by atoms with van der Waals surface area (Å²) in [6, 6.07) is 17.9. The molecule has 0 atom stereocenters. The number of hydrogen-bond acceptors (Lipinski definition) is 3. The van der Waals surface area contributed by atoms with Gasteiger partial charge in [-0.05, 0) is 36.4 Å². The van der Waals surface area contributed by atoms with E-state index in [4.69, 9.17) is 4.74 Å². The Morgan fingerprint density at radius 2 is 1.83 bits per heavy atom. The number of halogens is 1. The summed E-state index contributed by atoms with van der Waals surface area (Å²) in [4.78, 5) is 16.3. The van der Waals surface area contributed by atoms with Crippen molar-refractivity contribution >= 4 is 11.6 Å². The van der Waals surface area contributed by atoms with Gasteiger partial charge in [-0.3, -0.25) is 4.79 Å². The van der Waals surface area contributed by atoms with Crippen LogP contribution in [0.4, 0.5) is 10.1 Å². The lowest BCUT2D eigenvalue weighted by molar-refractivity contribution is 0.102. The number of anilines is 1. The number of pyridine rings is 1. The second-order valence-corrected chi connectivity index (χ2v) is 4.73. The van der Waals surface area contributed by atoms with Gasteiger partial charge in [0.15, 0.2) is 0 Å². The van der Waals surface area contributed by atoms with Crippen molar-refractivity contribution < 1.29 is 13.9 Å². The molecule has 1 N–H and O–H groups in total. The highest BCUT2D eigenvalue weighted by atomic mass is 19.1. The van der Waals surface area contributed by atoms with Crippen molar-refractivity contribution in [2.75, 3.05) is 5.32 Å². The van der Waals surface area contributed by atoms with E-state index in [1.165, 1.54) is 12.1 Å². The minimum absolute atomic E-state index is 0.133. The van der Waals surface area contributed by atoms with Gasteiger partial charge < -0.3 is 10.1 Å². The predicted octanol–water partition coefficient (Wildman–Crippen LogP) is 4.27. The maximum Gasteiger partial charge on any atom is 0.255 e. The number of rotatable bonds is 4. The van der Waals surface area contributed by atoms with Crippen LogP contribution in [0.15, 0.2) is 72.9 Å². The number of para-hydroxylation sites is 1. The fourth-order valence-corrected chi connectivity index (χ4v) is 1.99. The van der Waals surface area contributed by atoms with Crippen LogP contribution in [0.25, 0.3) is 0 Å². The summed E-state index contributed by atoms with van der Waals surface area (Å²) in [5.74, 6) is 0.00681. The van der Waals surface area contributed by atoms with Crippen molar-refractivity contribution in [1.82, 2.24) is 4.98 Å². The minimum atomic E-state index is -0.484. The lowest BCUT2D eigenvalue weighted by atomic mass is 10.2. The molecule has 0 unspecified atom stereocenters. The van der Waals surface area contributed by atoms with Crippen LogP contribution in [-0.4, -0.2) is 10.9 Å². The monoisotopic (exact) mass is 308 g/mol. The molecule has 0 aliphatic heterocycles.